The molecule has 0 heterocycles. The predicted molar refractivity (Wildman–Crippen MR) is 158 cm³/mol. The van der Waals surface area contributed by atoms with E-state index in [0.29, 0.717) is 23.6 Å². The lowest BCUT2D eigenvalue weighted by Crippen LogP contribution is -2.47. The Labute approximate surface area is 237 Å². The second-order valence-corrected chi connectivity index (χ2v) is 13.7. The number of nitrogens with zero attached hydrogens (tertiary/aromatic N) is 1. The van der Waals surface area contributed by atoms with Crippen molar-refractivity contribution in [3.05, 3.63) is 89.0 Å². The third-order valence-corrected chi connectivity index (χ3v) is 9.71. The summed E-state index contributed by atoms with van der Waals surface area (Å²) in [6.07, 6.45) is 2.20. The maximum atomic E-state index is 13.4. The molecule has 0 saturated heterocycles. The summed E-state index contributed by atoms with van der Waals surface area (Å²) in [5.74, 6) is -0.337. The van der Waals surface area contributed by atoms with Gasteiger partial charge in [-0.2, -0.15) is 4.31 Å². The molecule has 40 heavy (non-hydrogen) atoms. The normalized spacial score (nSPS) is 14.8. The minimum Gasteiger partial charge on any atom is -0.481 e. The molecule has 4 rings (SSSR count). The first-order chi connectivity index (χ1) is 18.8. The number of carbonyl (C=O) groups is 1. The van der Waals surface area contributed by atoms with Gasteiger partial charge in [0.25, 0.3) is 0 Å². The molecule has 0 aliphatic heterocycles. The van der Waals surface area contributed by atoms with Crippen LogP contribution >= 0.6 is 0 Å². The molecule has 1 atom stereocenters. The first-order valence-electron chi connectivity index (χ1n) is 13.7. The van der Waals surface area contributed by atoms with Crippen molar-refractivity contribution in [3.8, 4) is 11.1 Å². The van der Waals surface area contributed by atoms with Gasteiger partial charge in [-0.3, -0.25) is 4.79 Å². The van der Waals surface area contributed by atoms with Crippen LogP contribution in [-0.2, 0) is 34.1 Å². The quantitative estimate of drug-likeness (QED) is 0.300. The number of aryl methyl sites for hydroxylation is 1. The number of rotatable bonds is 12. The van der Waals surface area contributed by atoms with Gasteiger partial charge in [-0.25, -0.2) is 8.42 Å². The molecule has 214 valence electrons. The van der Waals surface area contributed by atoms with Crippen molar-refractivity contribution in [1.29, 1.82) is 0 Å². The first kappa shape index (κ1) is 29.9. The summed E-state index contributed by atoms with van der Waals surface area (Å²) in [5.41, 5.74) is 5.68. The Morgan fingerprint density at radius 3 is 2.20 bits per heavy atom. The Morgan fingerprint density at radius 1 is 1.02 bits per heavy atom. The Kier molecular flexibility index (Phi) is 9.15. The van der Waals surface area contributed by atoms with Crippen LogP contribution in [0.1, 0.15) is 42.5 Å². The van der Waals surface area contributed by atoms with Gasteiger partial charge in [0.15, 0.2) is 0 Å². The molecule has 0 amide bonds. The number of likely N-dealkylation sites (N-methyl/N-ethyl adjacent to an activating group) is 1. The highest BCUT2D eigenvalue weighted by molar-refractivity contribution is 7.89. The number of hydrogen-bond acceptors (Lipinski definition) is 5. The van der Waals surface area contributed by atoms with Gasteiger partial charge in [-0.05, 0) is 85.4 Å². The largest absolute Gasteiger partial charge is 0.481 e. The molecule has 1 aliphatic carbocycles. The van der Waals surface area contributed by atoms with E-state index in [-0.39, 0.29) is 23.4 Å². The molecule has 0 saturated carbocycles. The standard InChI is InChI=1S/C32H40N2O5S/c1-22-15-28(25-11-9-23(10-12-25)18-31(36)37)13-14-30(22)40(38,39)34(4)21-29(35)20-33-32(2,3)19-24-16-26-7-5-6-8-27(26)17-24/h5-15,24,29,33,35H,16-21H2,1-4H3,(H,36,37). The van der Waals surface area contributed by atoms with E-state index in [9.17, 15) is 18.3 Å². The van der Waals surface area contributed by atoms with E-state index in [1.165, 1.54) is 22.5 Å². The molecule has 3 aromatic rings. The van der Waals surface area contributed by atoms with Gasteiger partial charge in [-0.15, -0.1) is 0 Å². The summed E-state index contributed by atoms with van der Waals surface area (Å²) in [6, 6.07) is 20.9. The molecule has 1 aliphatic rings. The summed E-state index contributed by atoms with van der Waals surface area (Å²) < 4.78 is 27.9. The zero-order valence-electron chi connectivity index (χ0n) is 23.7. The molecule has 0 bridgehead atoms. The molecule has 3 aromatic carbocycles. The van der Waals surface area contributed by atoms with Crippen molar-refractivity contribution in [2.24, 2.45) is 5.92 Å². The lowest BCUT2D eigenvalue weighted by atomic mass is 9.88. The predicted octanol–water partition coefficient (Wildman–Crippen LogP) is 4.44. The SMILES string of the molecule is Cc1cc(-c2ccc(CC(=O)O)cc2)ccc1S(=O)(=O)N(C)CC(O)CNC(C)(C)CC1Cc2ccccc2C1. The summed E-state index contributed by atoms with van der Waals surface area (Å²) in [4.78, 5) is 11.1. The maximum Gasteiger partial charge on any atom is 0.307 e. The van der Waals surface area contributed by atoms with Gasteiger partial charge in [-0.1, -0.05) is 60.7 Å². The number of β-amino-alcohol motifs (C(OH)–C–C–N with tert-alkyl or cyclic N) is 1. The van der Waals surface area contributed by atoms with Crippen LogP contribution in [0, 0.1) is 12.8 Å². The molecule has 7 nitrogen and oxygen atoms in total. The van der Waals surface area contributed by atoms with E-state index in [0.717, 1.165) is 30.4 Å². The molecule has 1 unspecified atom stereocenters. The minimum atomic E-state index is -3.81. The van der Waals surface area contributed by atoms with E-state index in [2.05, 4.69) is 43.4 Å². The Morgan fingerprint density at radius 2 is 1.62 bits per heavy atom. The lowest BCUT2D eigenvalue weighted by Gasteiger charge is -2.31. The van der Waals surface area contributed by atoms with Crippen molar-refractivity contribution < 1.29 is 23.4 Å². The van der Waals surface area contributed by atoms with Gasteiger partial charge >= 0.3 is 5.97 Å². The van der Waals surface area contributed by atoms with Crippen molar-refractivity contribution in [2.75, 3.05) is 20.1 Å². The van der Waals surface area contributed by atoms with Gasteiger partial charge in [0, 0.05) is 25.7 Å². The van der Waals surface area contributed by atoms with E-state index in [1.54, 1.807) is 31.2 Å². The van der Waals surface area contributed by atoms with Crippen LogP contribution in [0.2, 0.25) is 0 Å². The molecule has 0 radical (unpaired) electrons. The van der Waals surface area contributed by atoms with E-state index in [1.807, 2.05) is 18.2 Å². The smallest absolute Gasteiger partial charge is 0.307 e. The highest BCUT2D eigenvalue weighted by Crippen LogP contribution is 2.32. The minimum absolute atomic E-state index is 0.0213. The number of aliphatic hydroxyl groups excluding tert-OH is 1. The monoisotopic (exact) mass is 564 g/mol. The number of sulfonamides is 1. The van der Waals surface area contributed by atoms with Crippen LogP contribution in [-0.4, -0.2) is 60.7 Å². The molecule has 3 N–H and O–H groups in total. The number of hydrogen-bond donors (Lipinski definition) is 3. The summed E-state index contributed by atoms with van der Waals surface area (Å²) in [7, 11) is -2.31. The zero-order chi connectivity index (χ0) is 29.1. The second-order valence-electron chi connectivity index (χ2n) is 11.7. The average Bonchev–Trinajstić information content (AvgIpc) is 3.29. The highest BCUT2D eigenvalue weighted by atomic mass is 32.2. The number of carboxylic acids is 1. The van der Waals surface area contributed by atoms with Crippen molar-refractivity contribution >= 4 is 16.0 Å². The number of benzene rings is 3. The van der Waals surface area contributed by atoms with Crippen molar-refractivity contribution in [2.45, 2.75) is 63.0 Å². The average molecular weight is 565 g/mol. The molecular weight excluding hydrogens is 524 g/mol. The fourth-order valence-electron chi connectivity index (χ4n) is 5.72. The molecule has 0 spiro atoms. The molecule has 0 fully saturated rings. The second kappa shape index (κ2) is 12.2. The fourth-order valence-corrected chi connectivity index (χ4v) is 7.13. The van der Waals surface area contributed by atoms with E-state index >= 15 is 0 Å². The van der Waals surface area contributed by atoms with Crippen molar-refractivity contribution in [1.82, 2.24) is 9.62 Å². The Balaban J connectivity index is 1.33. The number of aliphatic carboxylic acids is 1. The number of carboxylic acid groups (broad SMARTS) is 1. The molecular formula is C32H40N2O5S. The first-order valence-corrected chi connectivity index (χ1v) is 15.2. The van der Waals surface area contributed by atoms with Crippen LogP contribution < -0.4 is 5.32 Å². The summed E-state index contributed by atoms with van der Waals surface area (Å²) >= 11 is 0. The maximum absolute atomic E-state index is 13.4. The third-order valence-electron chi connectivity index (χ3n) is 7.72. The van der Waals surface area contributed by atoms with Crippen LogP contribution in [0.25, 0.3) is 11.1 Å². The number of aliphatic hydroxyl groups is 1. The van der Waals surface area contributed by atoms with E-state index in [4.69, 9.17) is 5.11 Å². The van der Waals surface area contributed by atoms with Crippen LogP contribution in [0.5, 0.6) is 0 Å². The Hall–Kier alpha value is -3.04. The molecule has 8 heteroatoms. The Bertz CT molecular complexity index is 1430. The fraction of sp³-hybridized carbons (Fsp3) is 0.406. The van der Waals surface area contributed by atoms with Crippen LogP contribution in [0.4, 0.5) is 0 Å². The molecule has 0 aromatic heterocycles. The summed E-state index contributed by atoms with van der Waals surface area (Å²) in [5, 5.41) is 23.1. The number of nitrogens with one attached hydrogen (secondary N) is 1. The van der Waals surface area contributed by atoms with Gasteiger partial charge in [0.1, 0.15) is 0 Å². The van der Waals surface area contributed by atoms with Crippen molar-refractivity contribution in [3.63, 3.8) is 0 Å². The van der Waals surface area contributed by atoms with Crippen LogP contribution in [0.3, 0.4) is 0 Å². The van der Waals surface area contributed by atoms with E-state index < -0.39 is 22.1 Å². The lowest BCUT2D eigenvalue weighted by molar-refractivity contribution is -0.136. The van der Waals surface area contributed by atoms with Gasteiger partial charge in [0.2, 0.25) is 10.0 Å². The number of fused-ring (bicyclic) bond motifs is 1. The third kappa shape index (κ3) is 7.37. The highest BCUT2D eigenvalue weighted by Gasteiger charge is 2.29. The van der Waals surface area contributed by atoms with Crippen LogP contribution in [0.15, 0.2) is 71.6 Å². The zero-order valence-corrected chi connectivity index (χ0v) is 24.5. The summed E-state index contributed by atoms with van der Waals surface area (Å²) in [6.45, 7) is 6.29. The topological polar surface area (TPSA) is 107 Å². The van der Waals surface area contributed by atoms with Gasteiger partial charge < -0.3 is 15.5 Å². The van der Waals surface area contributed by atoms with Gasteiger partial charge in [0.05, 0.1) is 17.4 Å².